The molecule has 0 aliphatic heterocycles. The summed E-state index contributed by atoms with van der Waals surface area (Å²) < 4.78 is 18.2. The molecule has 82 valence electrons. The number of anilines is 1. The predicted molar refractivity (Wildman–Crippen MR) is 57.0 cm³/mol. The number of halogens is 2. The molecule has 0 saturated carbocycles. The number of carbonyl (C=O) groups is 1. The standard InChI is InChI=1S/C9H10BrFN2O2/c1-15-8(14)2-3-12-9-7(11)4-6(10)5-13-9/h4-5H,2-3H2,1H3,(H,12,13). The van der Waals surface area contributed by atoms with E-state index in [1.165, 1.54) is 19.4 Å². The van der Waals surface area contributed by atoms with Crippen molar-refractivity contribution in [3.63, 3.8) is 0 Å². The number of hydrogen-bond acceptors (Lipinski definition) is 4. The van der Waals surface area contributed by atoms with Gasteiger partial charge in [0.05, 0.1) is 13.5 Å². The third kappa shape index (κ3) is 3.83. The average Bonchev–Trinajstić information content (AvgIpc) is 2.21. The van der Waals surface area contributed by atoms with E-state index >= 15 is 0 Å². The average molecular weight is 277 g/mol. The molecular weight excluding hydrogens is 267 g/mol. The van der Waals surface area contributed by atoms with Crippen LogP contribution in [-0.2, 0) is 9.53 Å². The molecule has 15 heavy (non-hydrogen) atoms. The number of aromatic nitrogens is 1. The quantitative estimate of drug-likeness (QED) is 0.855. The van der Waals surface area contributed by atoms with E-state index in [9.17, 15) is 9.18 Å². The molecule has 0 unspecified atom stereocenters. The number of hydrogen-bond donors (Lipinski definition) is 1. The van der Waals surface area contributed by atoms with E-state index in [0.29, 0.717) is 4.47 Å². The minimum Gasteiger partial charge on any atom is -0.469 e. The van der Waals surface area contributed by atoms with Crippen molar-refractivity contribution in [1.82, 2.24) is 4.98 Å². The zero-order valence-electron chi connectivity index (χ0n) is 8.09. The van der Waals surface area contributed by atoms with Crippen molar-refractivity contribution in [2.24, 2.45) is 0 Å². The highest BCUT2D eigenvalue weighted by Crippen LogP contribution is 2.15. The van der Waals surface area contributed by atoms with Crippen molar-refractivity contribution in [1.29, 1.82) is 0 Å². The van der Waals surface area contributed by atoms with Crippen LogP contribution < -0.4 is 5.32 Å². The maximum absolute atomic E-state index is 13.2. The number of ether oxygens (including phenoxy) is 1. The van der Waals surface area contributed by atoms with Crippen LogP contribution in [0.2, 0.25) is 0 Å². The van der Waals surface area contributed by atoms with Gasteiger partial charge in [-0.25, -0.2) is 9.37 Å². The largest absolute Gasteiger partial charge is 0.469 e. The molecular formula is C9H10BrFN2O2. The van der Waals surface area contributed by atoms with Gasteiger partial charge in [-0.05, 0) is 22.0 Å². The van der Waals surface area contributed by atoms with Crippen molar-refractivity contribution >= 4 is 27.7 Å². The molecule has 0 saturated heterocycles. The Morgan fingerprint density at radius 3 is 3.07 bits per heavy atom. The second-order valence-corrected chi connectivity index (χ2v) is 3.65. The molecule has 0 radical (unpaired) electrons. The Kier molecular flexibility index (Phi) is 4.48. The summed E-state index contributed by atoms with van der Waals surface area (Å²) in [7, 11) is 1.31. The van der Waals surface area contributed by atoms with E-state index in [0.717, 1.165) is 0 Å². The van der Waals surface area contributed by atoms with Crippen molar-refractivity contribution in [3.8, 4) is 0 Å². The molecule has 0 bridgehead atoms. The van der Waals surface area contributed by atoms with Crippen molar-refractivity contribution in [3.05, 3.63) is 22.6 Å². The van der Waals surface area contributed by atoms with Crippen molar-refractivity contribution in [2.75, 3.05) is 19.0 Å². The normalized spacial score (nSPS) is 9.80. The Labute approximate surface area is 95.0 Å². The van der Waals surface area contributed by atoms with Crippen LogP contribution in [0.5, 0.6) is 0 Å². The lowest BCUT2D eigenvalue weighted by Crippen LogP contribution is -2.11. The predicted octanol–water partition coefficient (Wildman–Crippen LogP) is 1.96. The molecule has 0 aliphatic carbocycles. The van der Waals surface area contributed by atoms with Crippen LogP contribution in [0, 0.1) is 5.82 Å². The monoisotopic (exact) mass is 276 g/mol. The molecule has 1 heterocycles. The number of pyridine rings is 1. The summed E-state index contributed by atoms with van der Waals surface area (Å²) >= 11 is 3.09. The molecule has 0 fully saturated rings. The number of esters is 1. The van der Waals surface area contributed by atoms with Crippen LogP contribution in [-0.4, -0.2) is 24.6 Å². The van der Waals surface area contributed by atoms with Crippen molar-refractivity contribution in [2.45, 2.75) is 6.42 Å². The van der Waals surface area contributed by atoms with Gasteiger partial charge < -0.3 is 10.1 Å². The first kappa shape index (κ1) is 11.9. The first-order valence-electron chi connectivity index (χ1n) is 4.25. The maximum Gasteiger partial charge on any atom is 0.307 e. The summed E-state index contributed by atoms with van der Waals surface area (Å²) in [5.41, 5.74) is 0. The SMILES string of the molecule is COC(=O)CCNc1ncc(Br)cc1F. The van der Waals surface area contributed by atoms with Crippen LogP contribution in [0.4, 0.5) is 10.2 Å². The second kappa shape index (κ2) is 5.65. The van der Waals surface area contributed by atoms with Crippen LogP contribution in [0.15, 0.2) is 16.7 Å². The van der Waals surface area contributed by atoms with Gasteiger partial charge in [0, 0.05) is 17.2 Å². The highest BCUT2D eigenvalue weighted by Gasteiger charge is 2.05. The molecule has 0 amide bonds. The fourth-order valence-electron chi connectivity index (χ4n) is 0.930. The van der Waals surface area contributed by atoms with Gasteiger partial charge in [0.1, 0.15) is 0 Å². The minimum atomic E-state index is -0.464. The molecule has 1 rings (SSSR count). The van der Waals surface area contributed by atoms with E-state index in [1.54, 1.807) is 0 Å². The Morgan fingerprint density at radius 2 is 2.47 bits per heavy atom. The molecule has 0 aromatic carbocycles. The summed E-state index contributed by atoms with van der Waals surface area (Å²) in [6.07, 6.45) is 1.65. The number of nitrogens with one attached hydrogen (secondary N) is 1. The van der Waals surface area contributed by atoms with Crippen LogP contribution in [0.3, 0.4) is 0 Å². The molecule has 0 spiro atoms. The summed E-state index contributed by atoms with van der Waals surface area (Å²) in [5.74, 6) is -0.684. The van der Waals surface area contributed by atoms with E-state index < -0.39 is 5.82 Å². The van der Waals surface area contributed by atoms with Gasteiger partial charge in [0.25, 0.3) is 0 Å². The molecule has 0 aliphatic rings. The van der Waals surface area contributed by atoms with Crippen molar-refractivity contribution < 1.29 is 13.9 Å². The van der Waals surface area contributed by atoms with Gasteiger partial charge in [-0.2, -0.15) is 0 Å². The highest BCUT2D eigenvalue weighted by atomic mass is 79.9. The highest BCUT2D eigenvalue weighted by molar-refractivity contribution is 9.10. The smallest absolute Gasteiger partial charge is 0.307 e. The Morgan fingerprint density at radius 1 is 1.73 bits per heavy atom. The zero-order valence-corrected chi connectivity index (χ0v) is 9.67. The van der Waals surface area contributed by atoms with Crippen LogP contribution in [0.25, 0.3) is 0 Å². The fourth-order valence-corrected chi connectivity index (χ4v) is 1.23. The third-order valence-electron chi connectivity index (χ3n) is 1.66. The Bertz CT molecular complexity index is 360. The van der Waals surface area contributed by atoms with Crippen LogP contribution >= 0.6 is 15.9 Å². The molecule has 0 atom stereocenters. The van der Waals surface area contributed by atoms with Crippen LogP contribution in [0.1, 0.15) is 6.42 Å². The molecule has 6 heteroatoms. The van der Waals surface area contributed by atoms with Gasteiger partial charge in [-0.3, -0.25) is 4.79 Å². The summed E-state index contributed by atoms with van der Waals surface area (Å²) in [6, 6.07) is 1.30. The Hall–Kier alpha value is -1.17. The molecule has 1 N–H and O–H groups in total. The maximum atomic E-state index is 13.2. The third-order valence-corrected chi connectivity index (χ3v) is 2.09. The van der Waals surface area contributed by atoms with Gasteiger partial charge in [-0.15, -0.1) is 0 Å². The summed E-state index contributed by atoms with van der Waals surface area (Å²) in [5, 5.41) is 2.70. The number of methoxy groups -OCH3 is 1. The lowest BCUT2D eigenvalue weighted by atomic mass is 10.4. The minimum absolute atomic E-state index is 0.127. The molecule has 1 aromatic heterocycles. The zero-order chi connectivity index (χ0) is 11.3. The van der Waals surface area contributed by atoms with Gasteiger partial charge in [0.2, 0.25) is 0 Å². The fraction of sp³-hybridized carbons (Fsp3) is 0.333. The molecule has 1 aromatic rings. The van der Waals surface area contributed by atoms with Gasteiger partial charge in [0.15, 0.2) is 11.6 Å². The lowest BCUT2D eigenvalue weighted by Gasteiger charge is -2.05. The lowest BCUT2D eigenvalue weighted by molar-refractivity contribution is -0.140. The molecule has 4 nitrogen and oxygen atoms in total. The number of carbonyl (C=O) groups excluding carboxylic acids is 1. The number of nitrogens with zero attached hydrogens (tertiary/aromatic N) is 1. The first-order valence-corrected chi connectivity index (χ1v) is 5.04. The van der Waals surface area contributed by atoms with E-state index in [1.807, 2.05) is 0 Å². The summed E-state index contributed by atoms with van der Waals surface area (Å²) in [4.78, 5) is 14.6. The number of rotatable bonds is 4. The topological polar surface area (TPSA) is 51.2 Å². The van der Waals surface area contributed by atoms with Gasteiger partial charge >= 0.3 is 5.97 Å². The first-order chi connectivity index (χ1) is 7.13. The van der Waals surface area contributed by atoms with E-state index in [2.05, 4.69) is 31.0 Å². The second-order valence-electron chi connectivity index (χ2n) is 2.74. The van der Waals surface area contributed by atoms with E-state index in [4.69, 9.17) is 0 Å². The van der Waals surface area contributed by atoms with Gasteiger partial charge in [-0.1, -0.05) is 0 Å². The summed E-state index contributed by atoms with van der Waals surface area (Å²) in [6.45, 7) is 0.290. The van der Waals surface area contributed by atoms with E-state index in [-0.39, 0.29) is 24.8 Å². The Balaban J connectivity index is 2.47.